The highest BCUT2D eigenvalue weighted by Crippen LogP contribution is 2.50. The number of rotatable bonds is 5. The normalized spacial score (nSPS) is 25.7. The molecule has 3 fully saturated rings. The van der Waals surface area contributed by atoms with E-state index < -0.39 is 0 Å². The van der Waals surface area contributed by atoms with E-state index in [1.807, 2.05) is 6.20 Å². The van der Waals surface area contributed by atoms with Crippen LogP contribution < -0.4 is 0 Å². The topological polar surface area (TPSA) is 38.1 Å². The summed E-state index contributed by atoms with van der Waals surface area (Å²) < 4.78 is 2.06. The number of carbonyl (C=O) groups is 1. The molecule has 1 aromatic rings. The fourth-order valence-corrected chi connectivity index (χ4v) is 4.13. The summed E-state index contributed by atoms with van der Waals surface area (Å²) in [6.45, 7) is 3.87. The molecule has 0 bridgehead atoms. The van der Waals surface area contributed by atoms with E-state index in [-0.39, 0.29) is 0 Å². The van der Waals surface area contributed by atoms with Crippen molar-refractivity contribution >= 4 is 5.91 Å². The number of aromatic nitrogens is 2. The van der Waals surface area contributed by atoms with Crippen molar-refractivity contribution in [3.63, 3.8) is 0 Å². The molecular formula is C18H27N3O. The van der Waals surface area contributed by atoms with Gasteiger partial charge in [0.2, 0.25) is 5.91 Å². The van der Waals surface area contributed by atoms with Gasteiger partial charge in [-0.1, -0.05) is 0 Å². The molecule has 0 N–H and O–H groups in total. The number of aryl methyl sites for hydroxylation is 1. The van der Waals surface area contributed by atoms with E-state index in [2.05, 4.69) is 27.8 Å². The molecular weight excluding hydrogens is 274 g/mol. The molecule has 1 atom stereocenters. The summed E-state index contributed by atoms with van der Waals surface area (Å²) in [7, 11) is 0. The summed E-state index contributed by atoms with van der Waals surface area (Å²) in [4.78, 5) is 14.9. The number of piperidine rings is 1. The first kappa shape index (κ1) is 14.3. The Kier molecular flexibility index (Phi) is 3.71. The van der Waals surface area contributed by atoms with Gasteiger partial charge in [0, 0.05) is 25.7 Å². The second kappa shape index (κ2) is 5.71. The van der Waals surface area contributed by atoms with E-state index in [1.165, 1.54) is 31.2 Å². The van der Waals surface area contributed by atoms with E-state index in [9.17, 15) is 4.79 Å². The molecule has 22 heavy (non-hydrogen) atoms. The Hall–Kier alpha value is -1.32. The third kappa shape index (κ3) is 3.06. The lowest BCUT2D eigenvalue weighted by Crippen LogP contribution is -2.41. The third-order valence-electron chi connectivity index (χ3n) is 5.72. The smallest absolute Gasteiger partial charge is 0.222 e. The van der Waals surface area contributed by atoms with Gasteiger partial charge < -0.3 is 4.90 Å². The van der Waals surface area contributed by atoms with Crippen LogP contribution in [0.3, 0.4) is 0 Å². The van der Waals surface area contributed by atoms with E-state index >= 15 is 0 Å². The van der Waals surface area contributed by atoms with Crippen molar-refractivity contribution in [2.45, 2.75) is 57.9 Å². The molecule has 1 saturated heterocycles. The second-order valence-electron chi connectivity index (χ2n) is 7.68. The molecule has 0 unspecified atom stereocenters. The summed E-state index contributed by atoms with van der Waals surface area (Å²) in [5.41, 5.74) is 1.20. The molecule has 2 aliphatic carbocycles. The average molecular weight is 301 g/mol. The molecule has 2 heterocycles. The van der Waals surface area contributed by atoms with Crippen molar-refractivity contribution in [2.75, 3.05) is 13.1 Å². The molecule has 4 heteroatoms. The number of hydrogen-bond donors (Lipinski definition) is 0. The van der Waals surface area contributed by atoms with Crippen LogP contribution in [-0.4, -0.2) is 33.7 Å². The predicted octanol–water partition coefficient (Wildman–Crippen LogP) is 3.18. The van der Waals surface area contributed by atoms with Gasteiger partial charge in [-0.25, -0.2) is 0 Å². The van der Waals surface area contributed by atoms with Crippen LogP contribution in [0.1, 0.15) is 56.6 Å². The van der Waals surface area contributed by atoms with E-state index in [4.69, 9.17) is 0 Å². The summed E-state index contributed by atoms with van der Waals surface area (Å²) in [6, 6.07) is 0.367. The quantitative estimate of drug-likeness (QED) is 0.838. The molecule has 120 valence electrons. The molecule has 1 aromatic heterocycles. The zero-order valence-corrected chi connectivity index (χ0v) is 13.6. The van der Waals surface area contributed by atoms with Crippen LogP contribution in [0.5, 0.6) is 0 Å². The van der Waals surface area contributed by atoms with Crippen molar-refractivity contribution < 1.29 is 4.79 Å². The molecule has 0 radical (unpaired) electrons. The molecule has 4 rings (SSSR count). The molecule has 4 nitrogen and oxygen atoms in total. The van der Waals surface area contributed by atoms with Crippen molar-refractivity contribution in [1.29, 1.82) is 0 Å². The van der Waals surface area contributed by atoms with E-state index in [0.29, 0.717) is 17.9 Å². The van der Waals surface area contributed by atoms with Crippen molar-refractivity contribution in [2.24, 2.45) is 17.8 Å². The van der Waals surface area contributed by atoms with Crippen LogP contribution >= 0.6 is 0 Å². The summed E-state index contributed by atoms with van der Waals surface area (Å²) in [5.74, 6) is 2.83. The van der Waals surface area contributed by atoms with Crippen LogP contribution in [0.2, 0.25) is 0 Å². The van der Waals surface area contributed by atoms with Gasteiger partial charge in [-0.3, -0.25) is 9.48 Å². The number of amides is 1. The lowest BCUT2D eigenvalue weighted by Gasteiger charge is -2.34. The minimum Gasteiger partial charge on any atom is -0.341 e. The highest BCUT2D eigenvalue weighted by atomic mass is 16.2. The molecule has 2 saturated carbocycles. The molecule has 1 aliphatic heterocycles. The SMILES string of the molecule is Cc1cnn([C@@H]2CCCN(C(=O)CC(C3CC3)C3CC3)C2)c1. The number of carbonyl (C=O) groups excluding carboxylic acids is 1. The van der Waals surface area contributed by atoms with Gasteiger partial charge in [-0.2, -0.15) is 5.10 Å². The predicted molar refractivity (Wildman–Crippen MR) is 85.4 cm³/mol. The maximum atomic E-state index is 12.8. The molecule has 1 amide bonds. The Morgan fingerprint density at radius 3 is 2.59 bits per heavy atom. The number of nitrogens with zero attached hydrogens (tertiary/aromatic N) is 3. The van der Waals surface area contributed by atoms with Crippen LogP contribution in [0.15, 0.2) is 12.4 Å². The van der Waals surface area contributed by atoms with Gasteiger partial charge in [0.1, 0.15) is 0 Å². The Labute approximate surface area is 132 Å². The third-order valence-corrected chi connectivity index (χ3v) is 5.72. The largest absolute Gasteiger partial charge is 0.341 e. The monoisotopic (exact) mass is 301 g/mol. The first-order valence-corrected chi connectivity index (χ1v) is 8.99. The van der Waals surface area contributed by atoms with Gasteiger partial charge in [-0.05, 0) is 68.8 Å². The van der Waals surface area contributed by atoms with Crippen LogP contribution in [0.25, 0.3) is 0 Å². The second-order valence-corrected chi connectivity index (χ2v) is 7.68. The number of likely N-dealkylation sites (tertiary alicyclic amines) is 1. The van der Waals surface area contributed by atoms with Crippen LogP contribution in [-0.2, 0) is 4.79 Å². The van der Waals surface area contributed by atoms with Crippen LogP contribution in [0, 0.1) is 24.7 Å². The summed E-state index contributed by atoms with van der Waals surface area (Å²) >= 11 is 0. The maximum absolute atomic E-state index is 12.8. The first-order valence-electron chi connectivity index (χ1n) is 8.99. The van der Waals surface area contributed by atoms with Gasteiger partial charge >= 0.3 is 0 Å². The van der Waals surface area contributed by atoms with Crippen LogP contribution in [0.4, 0.5) is 0 Å². The molecule has 0 spiro atoms. The zero-order chi connectivity index (χ0) is 15.1. The number of hydrogen-bond acceptors (Lipinski definition) is 2. The Morgan fingerprint density at radius 2 is 2.00 bits per heavy atom. The standard InChI is InChI=1S/C18H27N3O/c1-13-10-19-21(11-13)16-3-2-8-20(12-16)18(22)9-17(14-4-5-14)15-6-7-15/h10-11,14-17H,2-9,12H2,1H3/t16-/m1/s1. The van der Waals surface area contributed by atoms with Gasteiger partial charge in [0.05, 0.1) is 12.2 Å². The highest BCUT2D eigenvalue weighted by molar-refractivity contribution is 5.76. The Bertz CT molecular complexity index is 532. The lowest BCUT2D eigenvalue weighted by atomic mass is 9.93. The molecule has 3 aliphatic rings. The van der Waals surface area contributed by atoms with Gasteiger partial charge in [0.15, 0.2) is 0 Å². The highest BCUT2D eigenvalue weighted by Gasteiger charge is 2.43. The summed E-state index contributed by atoms with van der Waals surface area (Å²) in [5, 5.41) is 4.45. The fourth-order valence-electron chi connectivity index (χ4n) is 4.13. The van der Waals surface area contributed by atoms with E-state index in [0.717, 1.165) is 44.2 Å². The minimum atomic E-state index is 0.367. The zero-order valence-electron chi connectivity index (χ0n) is 13.6. The first-order chi connectivity index (χ1) is 10.7. The van der Waals surface area contributed by atoms with Crippen molar-refractivity contribution in [3.8, 4) is 0 Å². The maximum Gasteiger partial charge on any atom is 0.222 e. The van der Waals surface area contributed by atoms with Crippen molar-refractivity contribution in [1.82, 2.24) is 14.7 Å². The minimum absolute atomic E-state index is 0.367. The lowest BCUT2D eigenvalue weighted by molar-refractivity contribution is -0.134. The molecule has 0 aromatic carbocycles. The van der Waals surface area contributed by atoms with Crippen molar-refractivity contribution in [3.05, 3.63) is 18.0 Å². The Morgan fingerprint density at radius 1 is 1.27 bits per heavy atom. The van der Waals surface area contributed by atoms with Gasteiger partial charge in [-0.15, -0.1) is 0 Å². The van der Waals surface area contributed by atoms with E-state index in [1.54, 1.807) is 0 Å². The fraction of sp³-hybridized carbons (Fsp3) is 0.778. The summed E-state index contributed by atoms with van der Waals surface area (Å²) in [6.07, 6.45) is 12.5. The van der Waals surface area contributed by atoms with Gasteiger partial charge in [0.25, 0.3) is 0 Å². The average Bonchev–Trinajstić information content (AvgIpc) is 3.44. The Balaban J connectivity index is 1.37.